The monoisotopic (exact) mass is 290 g/mol. The van der Waals surface area contributed by atoms with Crippen LogP contribution in [0, 0.1) is 5.41 Å². The van der Waals surface area contributed by atoms with E-state index in [1.54, 1.807) is 17.0 Å². The second-order valence-electron chi connectivity index (χ2n) is 5.50. The van der Waals surface area contributed by atoms with Gasteiger partial charge in [0.1, 0.15) is 0 Å². The van der Waals surface area contributed by atoms with Crippen LogP contribution in [-0.4, -0.2) is 31.6 Å². The Bertz CT molecular complexity index is 523. The molecule has 1 aliphatic rings. The Morgan fingerprint density at radius 3 is 2.57 bits per heavy atom. The number of nitrogens with two attached hydrogens (primary N) is 1. The molecule has 1 unspecified atom stereocenters. The van der Waals surface area contributed by atoms with Crippen molar-refractivity contribution in [2.24, 2.45) is 11.1 Å². The van der Waals surface area contributed by atoms with Gasteiger partial charge >= 0.3 is 6.03 Å². The molecule has 6 nitrogen and oxygen atoms in total. The zero-order valence-electron chi connectivity index (χ0n) is 12.5. The summed E-state index contributed by atoms with van der Waals surface area (Å²) < 4.78 is 0. The summed E-state index contributed by atoms with van der Waals surface area (Å²) in [6.45, 7) is 5.42. The molecule has 0 aromatic heterocycles. The Balaban J connectivity index is 2.06. The van der Waals surface area contributed by atoms with Gasteiger partial charge in [-0.05, 0) is 37.6 Å². The number of carbonyl (C=O) groups is 2. The van der Waals surface area contributed by atoms with Gasteiger partial charge in [0.25, 0.3) is 0 Å². The maximum Gasteiger partial charge on any atom is 0.321 e. The quantitative estimate of drug-likeness (QED) is 0.768. The molecule has 0 aliphatic carbocycles. The number of benzene rings is 1. The molecule has 0 radical (unpaired) electrons. The molecule has 6 heteroatoms. The smallest absolute Gasteiger partial charge is 0.321 e. The topological polar surface area (TPSA) is 87.5 Å². The van der Waals surface area contributed by atoms with Crippen molar-refractivity contribution in [3.8, 4) is 0 Å². The van der Waals surface area contributed by atoms with Crippen molar-refractivity contribution < 1.29 is 9.59 Å². The van der Waals surface area contributed by atoms with E-state index >= 15 is 0 Å². The van der Waals surface area contributed by atoms with Crippen molar-refractivity contribution in [2.45, 2.75) is 20.3 Å². The first-order valence-electron chi connectivity index (χ1n) is 7.17. The van der Waals surface area contributed by atoms with Crippen LogP contribution in [0.5, 0.6) is 0 Å². The van der Waals surface area contributed by atoms with E-state index in [0.29, 0.717) is 31.7 Å². The highest BCUT2D eigenvalue weighted by molar-refractivity contribution is 5.96. The molecule has 3 amide bonds. The minimum Gasteiger partial charge on any atom is -0.336 e. The average Bonchev–Trinajstić information content (AvgIpc) is 2.93. The molecule has 1 aliphatic heterocycles. The van der Waals surface area contributed by atoms with E-state index in [1.165, 1.54) is 0 Å². The molecule has 1 saturated heterocycles. The Morgan fingerprint density at radius 2 is 2.10 bits per heavy atom. The number of urea groups is 1. The summed E-state index contributed by atoms with van der Waals surface area (Å²) in [5.41, 5.74) is 6.64. The second kappa shape index (κ2) is 6.13. The van der Waals surface area contributed by atoms with Crippen molar-refractivity contribution in [3.63, 3.8) is 0 Å². The van der Waals surface area contributed by atoms with E-state index in [1.807, 2.05) is 26.0 Å². The van der Waals surface area contributed by atoms with Crippen LogP contribution in [0.4, 0.5) is 16.2 Å². The number of anilines is 2. The first-order chi connectivity index (χ1) is 10.00. The fourth-order valence-corrected chi connectivity index (χ4v) is 2.12. The number of carbonyl (C=O) groups excluding carboxylic acids is 2. The minimum absolute atomic E-state index is 0.0841. The SMILES string of the molecule is CCC(C)(CN)C(=O)Nc1ccc(N2CCNC2=O)cc1. The van der Waals surface area contributed by atoms with Gasteiger partial charge in [-0.3, -0.25) is 9.69 Å². The number of rotatable bonds is 5. The molecule has 0 saturated carbocycles. The highest BCUT2D eigenvalue weighted by Gasteiger charge is 2.29. The van der Waals surface area contributed by atoms with Crippen LogP contribution < -0.4 is 21.3 Å². The molecule has 0 spiro atoms. The summed E-state index contributed by atoms with van der Waals surface area (Å²) in [5, 5.41) is 5.63. The van der Waals surface area contributed by atoms with E-state index in [4.69, 9.17) is 5.73 Å². The van der Waals surface area contributed by atoms with Crippen molar-refractivity contribution in [3.05, 3.63) is 24.3 Å². The van der Waals surface area contributed by atoms with Gasteiger partial charge in [0.2, 0.25) is 5.91 Å². The Morgan fingerprint density at radius 1 is 1.43 bits per heavy atom. The fraction of sp³-hybridized carbons (Fsp3) is 0.467. The van der Waals surface area contributed by atoms with E-state index in [-0.39, 0.29) is 11.9 Å². The third-order valence-corrected chi connectivity index (χ3v) is 4.07. The second-order valence-corrected chi connectivity index (χ2v) is 5.50. The summed E-state index contributed by atoms with van der Waals surface area (Å²) in [7, 11) is 0. The van der Waals surface area contributed by atoms with Crippen LogP contribution in [-0.2, 0) is 4.79 Å². The van der Waals surface area contributed by atoms with Crippen molar-refractivity contribution >= 4 is 23.3 Å². The van der Waals surface area contributed by atoms with Gasteiger partial charge in [-0.1, -0.05) is 6.92 Å². The molecule has 1 atom stereocenters. The predicted octanol–water partition coefficient (Wildman–Crippen LogP) is 1.53. The summed E-state index contributed by atoms with van der Waals surface area (Å²) in [5.74, 6) is -0.0841. The van der Waals surface area contributed by atoms with Gasteiger partial charge in [-0.2, -0.15) is 0 Å². The molecular weight excluding hydrogens is 268 g/mol. The van der Waals surface area contributed by atoms with E-state index in [2.05, 4.69) is 10.6 Å². The molecule has 1 aromatic rings. The summed E-state index contributed by atoms with van der Waals surface area (Å²) in [6, 6.07) is 7.16. The molecule has 1 aromatic carbocycles. The standard InChI is InChI=1S/C15H22N4O2/c1-3-15(2,10-16)13(20)18-11-4-6-12(7-5-11)19-9-8-17-14(19)21/h4-7H,3,8-10,16H2,1-2H3,(H,17,21)(H,18,20). The van der Waals surface area contributed by atoms with Crippen LogP contribution in [0.2, 0.25) is 0 Å². The number of nitrogens with zero attached hydrogens (tertiary/aromatic N) is 1. The Kier molecular flexibility index (Phi) is 4.47. The molecule has 2 rings (SSSR count). The van der Waals surface area contributed by atoms with Crippen molar-refractivity contribution in [2.75, 3.05) is 29.9 Å². The molecule has 21 heavy (non-hydrogen) atoms. The van der Waals surface area contributed by atoms with Gasteiger partial charge in [-0.25, -0.2) is 4.79 Å². The highest BCUT2D eigenvalue weighted by Crippen LogP contribution is 2.24. The summed E-state index contributed by atoms with van der Waals surface area (Å²) >= 11 is 0. The predicted molar refractivity (Wildman–Crippen MR) is 83.3 cm³/mol. The van der Waals surface area contributed by atoms with E-state index < -0.39 is 5.41 Å². The van der Waals surface area contributed by atoms with Gasteiger partial charge in [0.15, 0.2) is 0 Å². The molecular formula is C15H22N4O2. The van der Waals surface area contributed by atoms with Crippen LogP contribution in [0.1, 0.15) is 20.3 Å². The van der Waals surface area contributed by atoms with Crippen LogP contribution in [0.15, 0.2) is 24.3 Å². The van der Waals surface area contributed by atoms with Gasteiger partial charge < -0.3 is 16.4 Å². The number of hydrogen-bond acceptors (Lipinski definition) is 3. The van der Waals surface area contributed by atoms with Crippen molar-refractivity contribution in [1.29, 1.82) is 0 Å². The van der Waals surface area contributed by atoms with Crippen molar-refractivity contribution in [1.82, 2.24) is 5.32 Å². The maximum absolute atomic E-state index is 12.2. The third kappa shape index (κ3) is 3.16. The zero-order chi connectivity index (χ0) is 15.5. The van der Waals surface area contributed by atoms with E-state index in [0.717, 1.165) is 5.69 Å². The molecule has 1 heterocycles. The van der Waals surface area contributed by atoms with Crippen LogP contribution in [0.3, 0.4) is 0 Å². The number of nitrogens with one attached hydrogen (secondary N) is 2. The van der Waals surface area contributed by atoms with Gasteiger partial charge in [-0.15, -0.1) is 0 Å². The first kappa shape index (κ1) is 15.3. The largest absolute Gasteiger partial charge is 0.336 e. The number of hydrogen-bond donors (Lipinski definition) is 3. The normalized spacial score (nSPS) is 17.3. The summed E-state index contributed by atoms with van der Waals surface area (Å²) in [4.78, 5) is 25.5. The molecule has 0 bridgehead atoms. The lowest BCUT2D eigenvalue weighted by Crippen LogP contribution is -2.39. The lowest BCUT2D eigenvalue weighted by molar-refractivity contribution is -0.124. The summed E-state index contributed by atoms with van der Waals surface area (Å²) in [6.07, 6.45) is 0.682. The fourth-order valence-electron chi connectivity index (χ4n) is 2.12. The van der Waals surface area contributed by atoms with Crippen LogP contribution >= 0.6 is 0 Å². The van der Waals surface area contributed by atoms with Crippen LogP contribution in [0.25, 0.3) is 0 Å². The average molecular weight is 290 g/mol. The maximum atomic E-state index is 12.2. The zero-order valence-corrected chi connectivity index (χ0v) is 12.5. The molecule has 1 fully saturated rings. The third-order valence-electron chi connectivity index (χ3n) is 4.07. The van der Waals surface area contributed by atoms with E-state index in [9.17, 15) is 9.59 Å². The molecule has 4 N–H and O–H groups in total. The van der Waals surface area contributed by atoms with Gasteiger partial charge in [0.05, 0.1) is 5.41 Å². The lowest BCUT2D eigenvalue weighted by Gasteiger charge is -2.25. The minimum atomic E-state index is -0.562. The molecule has 114 valence electrons. The Hall–Kier alpha value is -2.08. The number of amides is 3. The van der Waals surface area contributed by atoms with Gasteiger partial charge in [0, 0.05) is 31.0 Å². The lowest BCUT2D eigenvalue weighted by atomic mass is 9.86. The Labute approximate surface area is 124 Å². The highest BCUT2D eigenvalue weighted by atomic mass is 16.2. The first-order valence-corrected chi connectivity index (χ1v) is 7.17.